The number of amides is 2. The van der Waals surface area contributed by atoms with Crippen molar-refractivity contribution >= 4 is 17.5 Å². The fraction of sp³-hybridized carbons (Fsp3) is 0.222. The van der Waals surface area contributed by atoms with Gasteiger partial charge in [-0.2, -0.15) is 0 Å². The number of hydrogen-bond donors (Lipinski definition) is 3. The van der Waals surface area contributed by atoms with Crippen molar-refractivity contribution in [3.63, 3.8) is 0 Å². The van der Waals surface area contributed by atoms with E-state index >= 15 is 0 Å². The Bertz CT molecular complexity index is 744. The fourth-order valence-corrected chi connectivity index (χ4v) is 2.10. The normalized spacial score (nSPS) is 9.88. The number of benzene rings is 2. The van der Waals surface area contributed by atoms with Crippen LogP contribution in [-0.4, -0.2) is 32.6 Å². The van der Waals surface area contributed by atoms with Gasteiger partial charge in [0.1, 0.15) is 11.5 Å². The molecule has 2 rings (SSSR count). The summed E-state index contributed by atoms with van der Waals surface area (Å²) in [6.45, 7) is 1.90. The summed E-state index contributed by atoms with van der Waals surface area (Å²) in [5.74, 6) is 0.551. The number of methoxy groups -OCH3 is 2. The predicted octanol–water partition coefficient (Wildman–Crippen LogP) is 1.89. The lowest BCUT2D eigenvalue weighted by Crippen LogP contribution is -2.44. The summed E-state index contributed by atoms with van der Waals surface area (Å²) >= 11 is 0. The number of ether oxygens (including phenoxy) is 2. The molecule has 0 atom stereocenters. The Morgan fingerprint density at radius 3 is 2.32 bits per heavy atom. The number of carbonyl (C=O) groups excluding carboxylic acids is 2. The minimum Gasteiger partial charge on any atom is -0.497 e. The molecule has 2 aromatic rings. The Labute approximate surface area is 146 Å². The molecule has 0 unspecified atom stereocenters. The Balaban J connectivity index is 1.81. The van der Waals surface area contributed by atoms with Crippen LogP contribution in [0.15, 0.2) is 42.5 Å². The van der Waals surface area contributed by atoms with Crippen molar-refractivity contribution in [3.8, 4) is 11.5 Å². The summed E-state index contributed by atoms with van der Waals surface area (Å²) in [4.78, 5) is 23.9. The molecule has 0 fully saturated rings. The molecule has 25 heavy (non-hydrogen) atoms. The lowest BCUT2D eigenvalue weighted by molar-refractivity contribution is -0.120. The van der Waals surface area contributed by atoms with Gasteiger partial charge in [-0.3, -0.25) is 20.4 Å². The third-order valence-electron chi connectivity index (χ3n) is 3.53. The van der Waals surface area contributed by atoms with Crippen molar-refractivity contribution in [1.29, 1.82) is 0 Å². The van der Waals surface area contributed by atoms with Crippen molar-refractivity contribution in [3.05, 3.63) is 53.6 Å². The quantitative estimate of drug-likeness (QED) is 0.697. The first kappa shape index (κ1) is 18.1. The minimum atomic E-state index is -0.420. The van der Waals surface area contributed by atoms with Gasteiger partial charge in [-0.25, -0.2) is 0 Å². The molecule has 0 bridgehead atoms. The lowest BCUT2D eigenvalue weighted by atomic mass is 10.1. The van der Waals surface area contributed by atoms with Crippen LogP contribution in [0.5, 0.6) is 11.5 Å². The van der Waals surface area contributed by atoms with Crippen molar-refractivity contribution < 1.29 is 19.1 Å². The number of anilines is 1. The fourth-order valence-electron chi connectivity index (χ4n) is 2.10. The average Bonchev–Trinajstić information content (AvgIpc) is 2.65. The van der Waals surface area contributed by atoms with Crippen molar-refractivity contribution in [2.75, 3.05) is 26.1 Å². The molecule has 0 aliphatic heterocycles. The number of aryl methyl sites for hydroxylation is 1. The molecule has 7 heteroatoms. The molecule has 132 valence electrons. The van der Waals surface area contributed by atoms with E-state index in [2.05, 4.69) is 16.2 Å². The lowest BCUT2D eigenvalue weighted by Gasteiger charge is -2.11. The summed E-state index contributed by atoms with van der Waals surface area (Å²) in [5.41, 5.74) is 6.82. The SMILES string of the molecule is COc1ccc(NCC(=O)NNC(=O)c2ccc(C)c(OC)c2)cc1. The van der Waals surface area contributed by atoms with Gasteiger partial charge in [0.05, 0.1) is 20.8 Å². The van der Waals surface area contributed by atoms with Gasteiger partial charge in [0.25, 0.3) is 11.8 Å². The van der Waals surface area contributed by atoms with Crippen LogP contribution in [-0.2, 0) is 4.79 Å². The number of carbonyl (C=O) groups is 2. The Hall–Kier alpha value is -3.22. The van der Waals surface area contributed by atoms with Gasteiger partial charge in [-0.1, -0.05) is 6.07 Å². The average molecular weight is 343 g/mol. The van der Waals surface area contributed by atoms with Gasteiger partial charge >= 0.3 is 0 Å². The molecule has 0 saturated heterocycles. The zero-order valence-corrected chi connectivity index (χ0v) is 14.4. The highest BCUT2D eigenvalue weighted by molar-refractivity contribution is 5.96. The highest BCUT2D eigenvalue weighted by atomic mass is 16.5. The molecule has 0 aliphatic carbocycles. The first-order valence-corrected chi connectivity index (χ1v) is 7.65. The number of hydrazine groups is 1. The maximum atomic E-state index is 12.1. The van der Waals surface area contributed by atoms with E-state index in [4.69, 9.17) is 9.47 Å². The van der Waals surface area contributed by atoms with Gasteiger partial charge in [-0.15, -0.1) is 0 Å². The Kier molecular flexibility index (Phi) is 6.22. The van der Waals surface area contributed by atoms with Crippen LogP contribution in [0.1, 0.15) is 15.9 Å². The zero-order valence-electron chi connectivity index (χ0n) is 14.4. The summed E-state index contributed by atoms with van der Waals surface area (Å²) in [7, 11) is 3.12. The molecule has 2 amide bonds. The van der Waals surface area contributed by atoms with E-state index in [0.29, 0.717) is 11.3 Å². The maximum Gasteiger partial charge on any atom is 0.269 e. The topological polar surface area (TPSA) is 88.7 Å². The van der Waals surface area contributed by atoms with Crippen LogP contribution >= 0.6 is 0 Å². The van der Waals surface area contributed by atoms with Crippen molar-refractivity contribution in [2.45, 2.75) is 6.92 Å². The van der Waals surface area contributed by atoms with Gasteiger partial charge < -0.3 is 14.8 Å². The molecular weight excluding hydrogens is 322 g/mol. The Morgan fingerprint density at radius 2 is 1.68 bits per heavy atom. The smallest absolute Gasteiger partial charge is 0.269 e. The molecule has 0 spiro atoms. The highest BCUT2D eigenvalue weighted by Gasteiger charge is 2.09. The van der Waals surface area contributed by atoms with E-state index < -0.39 is 5.91 Å². The Morgan fingerprint density at radius 1 is 0.960 bits per heavy atom. The predicted molar refractivity (Wildman–Crippen MR) is 94.8 cm³/mol. The van der Waals surface area contributed by atoms with Crippen molar-refractivity contribution in [1.82, 2.24) is 10.9 Å². The van der Waals surface area contributed by atoms with Crippen LogP contribution < -0.4 is 25.6 Å². The van der Waals surface area contributed by atoms with Crippen LogP contribution in [0.2, 0.25) is 0 Å². The molecule has 0 aliphatic rings. The summed E-state index contributed by atoms with van der Waals surface area (Å²) in [6.07, 6.45) is 0. The molecule has 0 radical (unpaired) electrons. The molecule has 0 saturated carbocycles. The zero-order chi connectivity index (χ0) is 18.2. The van der Waals surface area contributed by atoms with E-state index in [0.717, 1.165) is 17.0 Å². The van der Waals surface area contributed by atoms with E-state index in [1.165, 1.54) is 7.11 Å². The van der Waals surface area contributed by atoms with Crippen LogP contribution in [0.4, 0.5) is 5.69 Å². The molecule has 0 heterocycles. The van der Waals surface area contributed by atoms with Crippen LogP contribution in [0, 0.1) is 6.92 Å². The minimum absolute atomic E-state index is 0.0177. The largest absolute Gasteiger partial charge is 0.497 e. The van der Waals surface area contributed by atoms with Gasteiger partial charge in [-0.05, 0) is 48.9 Å². The van der Waals surface area contributed by atoms with Crippen LogP contribution in [0.25, 0.3) is 0 Å². The molecule has 3 N–H and O–H groups in total. The van der Waals surface area contributed by atoms with E-state index in [9.17, 15) is 9.59 Å². The first-order chi connectivity index (χ1) is 12.0. The second-order valence-electron chi connectivity index (χ2n) is 5.27. The first-order valence-electron chi connectivity index (χ1n) is 7.65. The summed E-state index contributed by atoms with van der Waals surface area (Å²) < 4.78 is 10.2. The summed E-state index contributed by atoms with van der Waals surface area (Å²) in [5, 5.41) is 2.95. The van der Waals surface area contributed by atoms with Gasteiger partial charge in [0.2, 0.25) is 0 Å². The molecule has 0 aromatic heterocycles. The second-order valence-corrected chi connectivity index (χ2v) is 5.27. The number of hydrogen-bond acceptors (Lipinski definition) is 5. The van der Waals surface area contributed by atoms with Crippen molar-refractivity contribution in [2.24, 2.45) is 0 Å². The summed E-state index contributed by atoms with van der Waals surface area (Å²) in [6, 6.07) is 12.2. The molecule has 2 aromatic carbocycles. The maximum absolute atomic E-state index is 12.1. The standard InChI is InChI=1S/C18H21N3O4/c1-12-4-5-13(10-16(12)25-3)18(23)21-20-17(22)11-19-14-6-8-15(24-2)9-7-14/h4-10,19H,11H2,1-3H3,(H,20,22)(H,21,23). The monoisotopic (exact) mass is 343 g/mol. The molecular formula is C18H21N3O4. The molecule has 7 nitrogen and oxygen atoms in total. The van der Waals surface area contributed by atoms with Gasteiger partial charge in [0, 0.05) is 11.3 Å². The third-order valence-corrected chi connectivity index (χ3v) is 3.53. The highest BCUT2D eigenvalue weighted by Crippen LogP contribution is 2.18. The third kappa shape index (κ3) is 5.13. The van der Waals surface area contributed by atoms with E-state index in [1.54, 1.807) is 49.6 Å². The second kappa shape index (κ2) is 8.58. The van der Waals surface area contributed by atoms with Gasteiger partial charge in [0.15, 0.2) is 0 Å². The van der Waals surface area contributed by atoms with E-state index in [-0.39, 0.29) is 12.5 Å². The number of rotatable bonds is 6. The van der Waals surface area contributed by atoms with E-state index in [1.807, 2.05) is 6.92 Å². The van der Waals surface area contributed by atoms with Crippen LogP contribution in [0.3, 0.4) is 0 Å². The number of nitrogens with one attached hydrogen (secondary N) is 3.